The van der Waals surface area contributed by atoms with Crippen molar-refractivity contribution in [1.29, 1.82) is 0 Å². The first-order valence-corrected chi connectivity index (χ1v) is 15.4. The van der Waals surface area contributed by atoms with Crippen molar-refractivity contribution in [2.45, 2.75) is 63.8 Å². The highest BCUT2D eigenvalue weighted by Crippen LogP contribution is 2.37. The molecule has 14 heteroatoms. The molecular weight excluding hydrogens is 614 g/mol. The van der Waals surface area contributed by atoms with E-state index in [4.69, 9.17) is 34.8 Å². The molecule has 7 nitrogen and oxygen atoms in total. The molecule has 0 saturated heterocycles. The van der Waals surface area contributed by atoms with Crippen LogP contribution < -0.4 is 9.62 Å². The molecule has 40 heavy (non-hydrogen) atoms. The van der Waals surface area contributed by atoms with Gasteiger partial charge in [-0.05, 0) is 55.7 Å². The third-order valence-electron chi connectivity index (χ3n) is 6.68. The van der Waals surface area contributed by atoms with Crippen molar-refractivity contribution in [3.05, 3.63) is 62.6 Å². The van der Waals surface area contributed by atoms with Gasteiger partial charge in [-0.25, -0.2) is 8.42 Å². The highest BCUT2D eigenvalue weighted by molar-refractivity contribution is 7.92. The topological polar surface area (TPSA) is 86.8 Å². The maximum Gasteiger partial charge on any atom is 0.417 e. The van der Waals surface area contributed by atoms with E-state index in [-0.39, 0.29) is 22.6 Å². The molecule has 1 aliphatic rings. The van der Waals surface area contributed by atoms with Gasteiger partial charge in [-0.3, -0.25) is 13.9 Å². The number of alkyl halides is 3. The first kappa shape index (κ1) is 32.3. The van der Waals surface area contributed by atoms with Crippen molar-refractivity contribution in [2.75, 3.05) is 17.1 Å². The van der Waals surface area contributed by atoms with Crippen LogP contribution in [0.2, 0.25) is 15.1 Å². The van der Waals surface area contributed by atoms with Crippen LogP contribution in [0.25, 0.3) is 0 Å². The summed E-state index contributed by atoms with van der Waals surface area (Å²) in [4.78, 5) is 28.0. The Labute approximate surface area is 246 Å². The van der Waals surface area contributed by atoms with Crippen molar-refractivity contribution in [3.8, 4) is 0 Å². The molecule has 1 N–H and O–H groups in total. The SMILES string of the molecule is CC(C(=O)NC1CCCCC1)N(Cc1ccc(Cl)c(Cl)c1)C(=O)CN(c1ccc(Cl)c(C(F)(F)F)c1)S(C)(=O)=O. The number of rotatable bonds is 9. The number of nitrogens with one attached hydrogen (secondary N) is 1. The minimum Gasteiger partial charge on any atom is -0.352 e. The van der Waals surface area contributed by atoms with Crippen LogP contribution in [-0.2, 0) is 32.3 Å². The fourth-order valence-electron chi connectivity index (χ4n) is 4.49. The molecule has 220 valence electrons. The number of anilines is 1. The summed E-state index contributed by atoms with van der Waals surface area (Å²) >= 11 is 17.8. The fraction of sp³-hybridized carbons (Fsp3) is 0.462. The smallest absolute Gasteiger partial charge is 0.352 e. The summed E-state index contributed by atoms with van der Waals surface area (Å²) in [5.74, 6) is -1.25. The lowest BCUT2D eigenvalue weighted by molar-refractivity contribution is -0.139. The molecule has 0 bridgehead atoms. The zero-order chi connectivity index (χ0) is 29.8. The molecule has 1 aliphatic carbocycles. The van der Waals surface area contributed by atoms with E-state index in [0.717, 1.165) is 55.4 Å². The van der Waals surface area contributed by atoms with Crippen LogP contribution >= 0.6 is 34.8 Å². The number of benzene rings is 2. The molecule has 0 spiro atoms. The first-order chi connectivity index (χ1) is 18.6. The van der Waals surface area contributed by atoms with Crippen LogP contribution in [0.1, 0.15) is 50.2 Å². The Morgan fingerprint density at radius 2 is 1.62 bits per heavy atom. The Kier molecular flexibility index (Phi) is 10.6. The molecule has 2 amide bonds. The largest absolute Gasteiger partial charge is 0.417 e. The van der Waals surface area contributed by atoms with Crippen LogP contribution in [0.15, 0.2) is 36.4 Å². The summed E-state index contributed by atoms with van der Waals surface area (Å²) in [6, 6.07) is 6.10. The maximum absolute atomic E-state index is 13.6. The van der Waals surface area contributed by atoms with Crippen molar-refractivity contribution < 1.29 is 31.2 Å². The van der Waals surface area contributed by atoms with Gasteiger partial charge in [-0.15, -0.1) is 0 Å². The first-order valence-electron chi connectivity index (χ1n) is 12.5. The average molecular weight is 643 g/mol. The number of carbonyl (C=O) groups is 2. The zero-order valence-corrected chi connectivity index (χ0v) is 24.9. The standard InChI is InChI=1S/C26H29Cl3F3N3O4S/c1-16(25(37)33-18-6-4-3-5-7-18)34(14-17-8-10-22(28)23(29)12-17)24(36)15-35(40(2,38)39)19-9-11-21(27)20(13-19)26(30,31)32/h8-13,16,18H,3-7,14-15H2,1-2H3,(H,33,37). The van der Waals surface area contributed by atoms with Crippen molar-refractivity contribution in [2.24, 2.45) is 0 Å². The molecular formula is C26H29Cl3F3N3O4S. The highest BCUT2D eigenvalue weighted by atomic mass is 35.5. The number of nitrogens with zero attached hydrogens (tertiary/aromatic N) is 2. The van der Waals surface area contributed by atoms with E-state index in [9.17, 15) is 31.2 Å². The van der Waals surface area contributed by atoms with Crippen molar-refractivity contribution in [3.63, 3.8) is 0 Å². The van der Waals surface area contributed by atoms with Gasteiger partial charge in [0.25, 0.3) is 0 Å². The average Bonchev–Trinajstić information content (AvgIpc) is 2.87. The lowest BCUT2D eigenvalue weighted by Gasteiger charge is -2.33. The summed E-state index contributed by atoms with van der Waals surface area (Å²) < 4.78 is 66.3. The molecule has 1 saturated carbocycles. The van der Waals surface area contributed by atoms with Gasteiger partial charge < -0.3 is 10.2 Å². The molecule has 1 atom stereocenters. The summed E-state index contributed by atoms with van der Waals surface area (Å²) in [5.41, 5.74) is -1.14. The quantitative estimate of drug-likeness (QED) is 0.348. The zero-order valence-electron chi connectivity index (χ0n) is 21.8. The Morgan fingerprint density at radius 3 is 2.20 bits per heavy atom. The molecule has 1 fully saturated rings. The van der Waals surface area contributed by atoms with Gasteiger partial charge in [0.15, 0.2) is 0 Å². The molecule has 0 heterocycles. The van der Waals surface area contributed by atoms with Gasteiger partial charge in [0.1, 0.15) is 12.6 Å². The fourth-order valence-corrected chi connectivity index (χ4v) is 5.87. The van der Waals surface area contributed by atoms with Gasteiger partial charge in [0.05, 0.1) is 32.6 Å². The van der Waals surface area contributed by atoms with Crippen LogP contribution in [-0.4, -0.2) is 50.0 Å². The number of carbonyl (C=O) groups excluding carboxylic acids is 2. The molecule has 0 radical (unpaired) electrons. The molecule has 0 aliphatic heterocycles. The van der Waals surface area contributed by atoms with E-state index in [1.165, 1.54) is 19.1 Å². The summed E-state index contributed by atoms with van der Waals surface area (Å²) in [7, 11) is -4.24. The van der Waals surface area contributed by atoms with E-state index < -0.39 is 56.9 Å². The molecule has 2 aromatic carbocycles. The van der Waals surface area contributed by atoms with E-state index in [1.807, 2.05) is 0 Å². The summed E-state index contributed by atoms with van der Waals surface area (Å²) in [6.07, 6.45) is 0.534. The van der Waals surface area contributed by atoms with Crippen LogP contribution in [0.5, 0.6) is 0 Å². The minimum atomic E-state index is -4.86. The summed E-state index contributed by atoms with van der Waals surface area (Å²) in [5, 5.41) is 2.82. The van der Waals surface area contributed by atoms with Gasteiger partial charge in [0.2, 0.25) is 21.8 Å². The number of hydrogen-bond acceptors (Lipinski definition) is 4. The van der Waals surface area contributed by atoms with Crippen LogP contribution in [0.4, 0.5) is 18.9 Å². The second kappa shape index (κ2) is 13.2. The lowest BCUT2D eigenvalue weighted by Crippen LogP contribution is -2.53. The number of amides is 2. The minimum absolute atomic E-state index is 0.0481. The third-order valence-corrected chi connectivity index (χ3v) is 8.89. The number of sulfonamides is 1. The Balaban J connectivity index is 1.95. The molecule has 3 rings (SSSR count). The van der Waals surface area contributed by atoms with Gasteiger partial charge in [0, 0.05) is 12.6 Å². The monoisotopic (exact) mass is 641 g/mol. The van der Waals surface area contributed by atoms with Gasteiger partial charge in [-0.1, -0.05) is 60.1 Å². The number of halogens is 6. The second-order valence-corrected chi connectivity index (χ2v) is 12.8. The third kappa shape index (κ3) is 8.41. The Bertz CT molecular complexity index is 1350. The predicted octanol–water partition coefficient (Wildman–Crippen LogP) is 6.30. The molecule has 2 aromatic rings. The molecule has 1 unspecified atom stereocenters. The lowest BCUT2D eigenvalue weighted by atomic mass is 9.95. The Morgan fingerprint density at radius 1 is 1.00 bits per heavy atom. The van der Waals surface area contributed by atoms with Crippen molar-refractivity contribution in [1.82, 2.24) is 10.2 Å². The van der Waals surface area contributed by atoms with Crippen LogP contribution in [0, 0.1) is 0 Å². The van der Waals surface area contributed by atoms with Crippen molar-refractivity contribution >= 4 is 62.3 Å². The van der Waals surface area contributed by atoms with E-state index >= 15 is 0 Å². The highest BCUT2D eigenvalue weighted by Gasteiger charge is 2.36. The normalized spacial score (nSPS) is 15.4. The maximum atomic E-state index is 13.6. The molecule has 0 aromatic heterocycles. The van der Waals surface area contributed by atoms with Gasteiger partial charge in [-0.2, -0.15) is 13.2 Å². The number of hydrogen-bond donors (Lipinski definition) is 1. The van der Waals surface area contributed by atoms with E-state index in [0.29, 0.717) is 15.9 Å². The van der Waals surface area contributed by atoms with E-state index in [1.54, 1.807) is 6.07 Å². The predicted molar refractivity (Wildman–Crippen MR) is 150 cm³/mol. The van der Waals surface area contributed by atoms with E-state index in [2.05, 4.69) is 5.32 Å². The van der Waals surface area contributed by atoms with Gasteiger partial charge >= 0.3 is 6.18 Å². The second-order valence-electron chi connectivity index (χ2n) is 9.72. The Hall–Kier alpha value is -2.21. The summed E-state index contributed by atoms with van der Waals surface area (Å²) in [6.45, 7) is 0.504. The van der Waals surface area contributed by atoms with Crippen LogP contribution in [0.3, 0.4) is 0 Å².